The van der Waals surface area contributed by atoms with Crippen molar-refractivity contribution in [2.24, 2.45) is 11.8 Å². The molecule has 100 valence electrons. The molecule has 0 heterocycles. The van der Waals surface area contributed by atoms with Gasteiger partial charge in [-0.25, -0.2) is 0 Å². The lowest BCUT2D eigenvalue weighted by atomic mass is 9.81. The molecule has 1 N–H and O–H groups in total. The number of rotatable bonds is 5. The van der Waals surface area contributed by atoms with Gasteiger partial charge in [0.15, 0.2) is 11.6 Å². The molecule has 1 aliphatic rings. The quantitative estimate of drug-likeness (QED) is 0.762. The van der Waals surface area contributed by atoms with Crippen molar-refractivity contribution in [2.45, 2.75) is 46.1 Å². The van der Waals surface area contributed by atoms with Gasteiger partial charge >= 0.3 is 0 Å². The van der Waals surface area contributed by atoms with Crippen molar-refractivity contribution < 1.29 is 14.7 Å². The van der Waals surface area contributed by atoms with Crippen LogP contribution in [0.15, 0.2) is 23.8 Å². The zero-order valence-corrected chi connectivity index (χ0v) is 11.4. The molecule has 0 amide bonds. The van der Waals surface area contributed by atoms with E-state index >= 15 is 0 Å². The van der Waals surface area contributed by atoms with E-state index in [1.807, 2.05) is 20.8 Å². The Morgan fingerprint density at radius 2 is 2.17 bits per heavy atom. The number of Topliss-reactive ketones (excluding diaryl/α,β-unsaturated/α-hetero) is 1. The summed E-state index contributed by atoms with van der Waals surface area (Å²) in [6, 6.07) is 0. The second kappa shape index (κ2) is 6.10. The van der Waals surface area contributed by atoms with E-state index in [1.54, 1.807) is 6.08 Å². The summed E-state index contributed by atoms with van der Waals surface area (Å²) in [5, 5.41) is 9.95. The molecule has 0 aromatic heterocycles. The van der Waals surface area contributed by atoms with Gasteiger partial charge in [0.25, 0.3) is 0 Å². The maximum absolute atomic E-state index is 11.8. The van der Waals surface area contributed by atoms with Crippen LogP contribution in [0, 0.1) is 11.8 Å². The van der Waals surface area contributed by atoms with E-state index in [-0.39, 0.29) is 17.5 Å². The topological polar surface area (TPSA) is 54.4 Å². The highest BCUT2D eigenvalue weighted by molar-refractivity contribution is 5.97. The van der Waals surface area contributed by atoms with Crippen LogP contribution in [-0.4, -0.2) is 22.8 Å². The predicted octanol–water partition coefficient (Wildman–Crippen LogP) is 2.44. The van der Waals surface area contributed by atoms with Crippen LogP contribution in [0.2, 0.25) is 0 Å². The third-order valence-electron chi connectivity index (χ3n) is 3.27. The molecule has 0 aromatic rings. The molecule has 1 aliphatic carbocycles. The van der Waals surface area contributed by atoms with Crippen LogP contribution in [0.5, 0.6) is 0 Å². The van der Waals surface area contributed by atoms with Crippen LogP contribution in [-0.2, 0) is 9.59 Å². The lowest BCUT2D eigenvalue weighted by Gasteiger charge is -2.24. The lowest BCUT2D eigenvalue weighted by molar-refractivity contribution is -0.126. The Hall–Kier alpha value is -1.22. The van der Waals surface area contributed by atoms with Crippen molar-refractivity contribution in [3.63, 3.8) is 0 Å². The van der Waals surface area contributed by atoms with Gasteiger partial charge in [0.2, 0.25) is 0 Å². The fraction of sp³-hybridized carbons (Fsp3) is 0.600. The van der Waals surface area contributed by atoms with Gasteiger partial charge < -0.3 is 5.11 Å². The molecule has 18 heavy (non-hydrogen) atoms. The molecule has 3 heteroatoms. The van der Waals surface area contributed by atoms with Gasteiger partial charge in [-0.1, -0.05) is 26.0 Å². The largest absolute Gasteiger partial charge is 0.381 e. The van der Waals surface area contributed by atoms with E-state index in [0.29, 0.717) is 18.4 Å². The normalized spacial score (nSPS) is 21.7. The minimum absolute atomic E-state index is 0.0415. The van der Waals surface area contributed by atoms with Crippen LogP contribution < -0.4 is 0 Å². The summed E-state index contributed by atoms with van der Waals surface area (Å²) in [7, 11) is 0. The fourth-order valence-electron chi connectivity index (χ4n) is 2.21. The molecule has 0 bridgehead atoms. The first kappa shape index (κ1) is 14.8. The number of hydrogen-bond donors (Lipinski definition) is 1. The molecule has 0 radical (unpaired) electrons. The molecule has 0 saturated carbocycles. The van der Waals surface area contributed by atoms with Crippen molar-refractivity contribution in [1.82, 2.24) is 0 Å². The number of aliphatic hydroxyl groups is 1. The molecule has 0 fully saturated rings. The molecule has 1 rings (SSSR count). The average Bonchev–Trinajstić information content (AvgIpc) is 2.26. The molecular formula is C15H22O3. The molecule has 1 unspecified atom stereocenters. The summed E-state index contributed by atoms with van der Waals surface area (Å²) in [6.07, 6.45) is 2.18. The van der Waals surface area contributed by atoms with Crippen molar-refractivity contribution >= 4 is 11.6 Å². The molecular weight excluding hydrogens is 228 g/mol. The van der Waals surface area contributed by atoms with E-state index in [4.69, 9.17) is 0 Å². The molecule has 3 nitrogen and oxygen atoms in total. The summed E-state index contributed by atoms with van der Waals surface area (Å²) >= 11 is 0. The highest BCUT2D eigenvalue weighted by Gasteiger charge is 2.30. The van der Waals surface area contributed by atoms with Crippen LogP contribution >= 0.6 is 0 Å². The van der Waals surface area contributed by atoms with Gasteiger partial charge in [-0.2, -0.15) is 0 Å². The van der Waals surface area contributed by atoms with Crippen molar-refractivity contribution in [1.29, 1.82) is 0 Å². The average molecular weight is 250 g/mol. The number of ketones is 2. The lowest BCUT2D eigenvalue weighted by Crippen LogP contribution is -2.31. The summed E-state index contributed by atoms with van der Waals surface area (Å²) in [5.41, 5.74) is 1.40. The Morgan fingerprint density at radius 1 is 1.56 bits per heavy atom. The van der Waals surface area contributed by atoms with Crippen molar-refractivity contribution in [3.8, 4) is 0 Å². The second-order valence-electron chi connectivity index (χ2n) is 5.53. The van der Waals surface area contributed by atoms with E-state index < -0.39 is 12.0 Å². The zero-order chi connectivity index (χ0) is 13.9. The minimum Gasteiger partial charge on any atom is -0.381 e. The van der Waals surface area contributed by atoms with Gasteiger partial charge in [-0.15, -0.1) is 0 Å². The van der Waals surface area contributed by atoms with Gasteiger partial charge in [0.1, 0.15) is 6.10 Å². The van der Waals surface area contributed by atoms with Crippen molar-refractivity contribution in [3.05, 3.63) is 23.8 Å². The minimum atomic E-state index is -1.20. The van der Waals surface area contributed by atoms with Crippen LogP contribution in [0.3, 0.4) is 0 Å². The van der Waals surface area contributed by atoms with Gasteiger partial charge in [0.05, 0.1) is 0 Å². The van der Waals surface area contributed by atoms with Crippen LogP contribution in [0.1, 0.15) is 40.0 Å². The number of hydrogen-bond acceptors (Lipinski definition) is 3. The maximum Gasteiger partial charge on any atom is 0.165 e. The highest BCUT2D eigenvalue weighted by atomic mass is 16.3. The number of allylic oxidation sites excluding steroid dienone is 2. The molecule has 2 atom stereocenters. The Kier molecular flexibility index (Phi) is 5.03. The predicted molar refractivity (Wildman–Crippen MR) is 71.1 cm³/mol. The number of aliphatic hydroxyl groups excluding tert-OH is 1. The van der Waals surface area contributed by atoms with Gasteiger partial charge in [-0.3, -0.25) is 9.59 Å². The Bertz CT molecular complexity index is 391. The second-order valence-corrected chi connectivity index (χ2v) is 5.53. The summed E-state index contributed by atoms with van der Waals surface area (Å²) in [4.78, 5) is 23.6. The van der Waals surface area contributed by atoms with E-state index in [2.05, 4.69) is 6.58 Å². The summed E-state index contributed by atoms with van der Waals surface area (Å²) < 4.78 is 0. The van der Waals surface area contributed by atoms with E-state index in [0.717, 1.165) is 12.0 Å². The standard InChI is InChI=1S/C15H22O3/c1-9(2)7-14(17)15(18)11(4)12-6-5-10(3)8-13(12)16/h8-9,12,15,18H,4-7H2,1-3H3/t12-,15?/m0/s1. The zero-order valence-electron chi connectivity index (χ0n) is 11.4. The van der Waals surface area contributed by atoms with E-state index in [1.165, 1.54) is 0 Å². The van der Waals surface area contributed by atoms with Crippen LogP contribution in [0.25, 0.3) is 0 Å². The Labute approximate surface area is 109 Å². The molecule has 0 saturated heterocycles. The molecule has 0 aromatic carbocycles. The Balaban J connectivity index is 2.70. The van der Waals surface area contributed by atoms with Crippen LogP contribution in [0.4, 0.5) is 0 Å². The first-order valence-corrected chi connectivity index (χ1v) is 6.43. The highest BCUT2D eigenvalue weighted by Crippen LogP contribution is 2.28. The van der Waals surface area contributed by atoms with Gasteiger partial charge in [0, 0.05) is 12.3 Å². The van der Waals surface area contributed by atoms with Gasteiger partial charge in [-0.05, 0) is 37.3 Å². The smallest absolute Gasteiger partial charge is 0.165 e. The fourth-order valence-corrected chi connectivity index (χ4v) is 2.21. The molecule has 0 aliphatic heterocycles. The summed E-state index contributed by atoms with van der Waals surface area (Å²) in [6.45, 7) is 9.52. The number of carbonyl (C=O) groups excluding carboxylic acids is 2. The van der Waals surface area contributed by atoms with Crippen molar-refractivity contribution in [2.75, 3.05) is 0 Å². The summed E-state index contributed by atoms with van der Waals surface area (Å²) in [5.74, 6) is -0.488. The third-order valence-corrected chi connectivity index (χ3v) is 3.27. The monoisotopic (exact) mass is 250 g/mol. The third kappa shape index (κ3) is 3.64. The first-order valence-electron chi connectivity index (χ1n) is 6.43. The Morgan fingerprint density at radius 3 is 2.67 bits per heavy atom. The molecule has 0 spiro atoms. The van der Waals surface area contributed by atoms with E-state index in [9.17, 15) is 14.7 Å². The maximum atomic E-state index is 11.8. The SMILES string of the molecule is C=C(C(O)C(=O)CC(C)C)[C@@H]1CCC(C)=CC1=O. The number of carbonyl (C=O) groups is 2. The first-order chi connectivity index (χ1) is 8.32.